The van der Waals surface area contributed by atoms with Crippen LogP contribution in [0.5, 0.6) is 0 Å². The molecule has 1 aromatic heterocycles. The van der Waals surface area contributed by atoms with Gasteiger partial charge in [0.25, 0.3) is 5.69 Å². The lowest BCUT2D eigenvalue weighted by Gasteiger charge is -2.41. The van der Waals surface area contributed by atoms with Crippen LogP contribution >= 0.6 is 24.8 Å². The number of nitro groups is 1. The summed E-state index contributed by atoms with van der Waals surface area (Å²) in [6.45, 7) is 25.0. The molecule has 3 rings (SSSR count). The van der Waals surface area contributed by atoms with Crippen molar-refractivity contribution in [3.8, 4) is 0 Å². The normalized spacial score (nSPS) is 15.4. The van der Waals surface area contributed by atoms with E-state index in [1.807, 2.05) is 113 Å². The van der Waals surface area contributed by atoms with E-state index in [0.717, 1.165) is 5.56 Å². The summed E-state index contributed by atoms with van der Waals surface area (Å²) in [6.07, 6.45) is 3.24. The zero-order valence-corrected chi connectivity index (χ0v) is 89.9. The molecule has 0 bridgehead atoms. The molecule has 1 aromatic carbocycles. The first kappa shape index (κ1) is 144. The van der Waals surface area contributed by atoms with E-state index in [1.165, 1.54) is 61.0 Å². The Labute approximate surface area is 874 Å². The number of H-pyrrole nitrogens is 1. The van der Waals surface area contributed by atoms with Crippen molar-refractivity contribution in [2.24, 2.45) is 29.4 Å². The minimum Gasteiger partial charge on any atom is -0.481 e. The van der Waals surface area contributed by atoms with Gasteiger partial charge < -0.3 is 144 Å². The van der Waals surface area contributed by atoms with Crippen molar-refractivity contribution in [2.75, 3.05) is 135 Å². The van der Waals surface area contributed by atoms with E-state index in [1.54, 1.807) is 23.8 Å². The van der Waals surface area contributed by atoms with Gasteiger partial charge in [-0.1, -0.05) is 154 Å². The van der Waals surface area contributed by atoms with Crippen LogP contribution in [0.3, 0.4) is 0 Å². The number of hydrogen-bond donors (Lipinski definition) is 14. The maximum Gasteiger partial charge on any atom is 0.328 e. The predicted molar refractivity (Wildman–Crippen MR) is 552 cm³/mol. The molecule has 0 saturated carbocycles. The lowest BCUT2D eigenvalue weighted by Crippen LogP contribution is -2.59. The second kappa shape index (κ2) is 85.1. The van der Waals surface area contributed by atoms with Gasteiger partial charge in [-0.2, -0.15) is 12.6 Å². The number of likely N-dealkylation sites (N-methyl/N-ethyl adjacent to an activating group) is 1. The minimum absolute atomic E-state index is 0. The molecular weight excluding hydrogens is 1950 g/mol. The highest BCUT2D eigenvalue weighted by Gasteiger charge is 2.44. The SMILES string of the molecule is C.C.CCC(CO)OC(CO)OC.CCC(CO)OC(COC(=O)CCCC(=O)NCCCNC(=O)CCC(C)(C)S)OC.CCC(CO)OC(COC(=O)CCCC(=O)NCCCOC(=O)[C@H](Cc1ccccc1)NC(=O)[C@H](C)[C@@H](OC)[C@@H]1CCCN1C(=O)C[C@@H](OC)[C@H]([C@@H](C)CC)N(C)C(=O)[C@@H](NC(=O)[C@@H](N)C(C)C)C(C)C)OC.CCC(CO)OC(COC(=O)CCCC(=O)O)OC.O=[N+]([O-])c1ccc(=S)[nH]c1. The van der Waals surface area contributed by atoms with Crippen molar-refractivity contribution in [1.82, 2.24) is 41.4 Å². The molecule has 2 aromatic rings. The number of esters is 4. The van der Waals surface area contributed by atoms with Gasteiger partial charge in [0.2, 0.25) is 41.4 Å². The Morgan fingerprint density at radius 2 is 1.01 bits per heavy atom. The monoisotopic (exact) mass is 2130 g/mol. The Hall–Kier alpha value is -8.66. The third-order valence-corrected chi connectivity index (χ3v) is 23.4. The van der Waals surface area contributed by atoms with Crippen molar-refractivity contribution in [3.05, 3.63) is 69.0 Å². The fraction of sp³-hybridized carbons (Fsp3) is 0.770. The van der Waals surface area contributed by atoms with Crippen molar-refractivity contribution in [2.45, 2.75) is 343 Å². The summed E-state index contributed by atoms with van der Waals surface area (Å²) in [5.74, 6) is -6.21. The molecule has 14 N–H and O–H groups in total. The van der Waals surface area contributed by atoms with E-state index >= 15 is 0 Å². The number of nitrogens with one attached hydrogen (secondary N) is 6. The molecule has 1 aliphatic rings. The van der Waals surface area contributed by atoms with Crippen LogP contribution in [-0.4, -0.2) is 354 Å². The summed E-state index contributed by atoms with van der Waals surface area (Å²) in [4.78, 5) is 166. The van der Waals surface area contributed by atoms with Crippen molar-refractivity contribution in [1.29, 1.82) is 0 Å². The van der Waals surface area contributed by atoms with E-state index in [4.69, 9.17) is 97.6 Å². The van der Waals surface area contributed by atoms with Crippen LogP contribution in [0.25, 0.3) is 0 Å². The Bertz CT molecular complexity index is 3910. The van der Waals surface area contributed by atoms with E-state index in [0.29, 0.717) is 101 Å². The van der Waals surface area contributed by atoms with Gasteiger partial charge in [-0.25, -0.2) is 4.79 Å². The fourth-order valence-corrected chi connectivity index (χ4v) is 14.0. The second-order valence-corrected chi connectivity index (χ2v) is 37.1. The van der Waals surface area contributed by atoms with E-state index < -0.39 is 126 Å². The number of nitrogens with zero attached hydrogens (tertiary/aromatic N) is 3. The molecular formula is C100H180N10O34S2. The molecule has 0 aliphatic carbocycles. The highest BCUT2D eigenvalue weighted by molar-refractivity contribution is 7.81. The number of pyridine rings is 1. The van der Waals surface area contributed by atoms with Crippen LogP contribution in [0.15, 0.2) is 48.7 Å². The van der Waals surface area contributed by atoms with Gasteiger partial charge in [0, 0.05) is 138 Å². The van der Waals surface area contributed by atoms with Crippen molar-refractivity contribution in [3.63, 3.8) is 0 Å². The van der Waals surface area contributed by atoms with E-state index in [-0.39, 0.29) is 221 Å². The average Bonchev–Trinajstić information content (AvgIpc) is 1.62. The van der Waals surface area contributed by atoms with Crippen LogP contribution < -0.4 is 32.3 Å². The smallest absolute Gasteiger partial charge is 0.328 e. The van der Waals surface area contributed by atoms with Crippen LogP contribution in [0, 0.1) is 38.4 Å². The van der Waals surface area contributed by atoms with Crippen molar-refractivity contribution < 1.29 is 159 Å². The number of hydrogen-bond acceptors (Lipinski definition) is 36. The number of carbonyl (C=O) groups excluding carboxylic acids is 11. The van der Waals surface area contributed by atoms with Crippen LogP contribution in [0.4, 0.5) is 5.69 Å². The van der Waals surface area contributed by atoms with Gasteiger partial charge in [-0.05, 0) is 106 Å². The standard InChI is InChI=1S/C53H90N6O14.C21H40N2O7S.C12H22O7.C7H16O4.C5H4N2O2S.2CH4/c1-13-35(7)48(58(9)52(66)47(34(5)6)57-51(65)46(54)33(3)4)41(68-10)30-43(62)59-27-19-23-40(59)49(70-12)36(8)50(64)56-39(29-37-21-16-15-17-22-37)53(67)71-28-20-26-55-42(61)24-18-25-44(63)72-32-45(69-11)73-38(14-2)31-60;1-5-16(14-24)30-20(28-4)15-29-19(27)9-6-8-17(25)22-12-7-13-23-18(26)10-11-21(2,3)31;1-3-9(7-13)19-12(17-2)8-18-11(16)6-4-5-10(14)15;1-3-6(4-8)11-7(5-9)10-2;8-7(9)4-1-2-5(10)6-3-4;;/h15-17,21-22,33-36,38-41,45-49,60H,13-14,18-20,23-32,54H2,1-12H3,(H,55,61)(H,56,64)(H,57,65);16,20,24,31H,5-15H2,1-4H3,(H,22,25)(H,23,26);9,12-13H,3-8H2,1-2H3,(H,14,15);6-9H,3-5H2,1-2H3;1-3H,(H,6,10);2*1H4/t35-,36+,38?,39-,40-,41+,45?,46-,47-,48-,49+;;;;;;/m0....../s1. The summed E-state index contributed by atoms with van der Waals surface area (Å²) in [5, 5.41) is 77.3. The molecule has 846 valence electrons. The van der Waals surface area contributed by atoms with E-state index in [2.05, 4.69) is 56.4 Å². The number of amides is 7. The molecule has 1 aliphatic heterocycles. The number of aromatic nitrogens is 1. The zero-order chi connectivity index (χ0) is 109. The highest BCUT2D eigenvalue weighted by atomic mass is 32.1. The number of nitrogens with two attached hydrogens (primary N) is 1. The molecule has 17 atom stereocenters. The summed E-state index contributed by atoms with van der Waals surface area (Å²) < 4.78 is 74.6. The third kappa shape index (κ3) is 64.7. The first-order valence-corrected chi connectivity index (χ1v) is 50.2. The lowest BCUT2D eigenvalue weighted by molar-refractivity contribution is -0.385. The molecule has 7 amide bonds. The summed E-state index contributed by atoms with van der Waals surface area (Å²) in [6, 6.07) is 8.32. The van der Waals surface area contributed by atoms with Crippen molar-refractivity contribution >= 4 is 102 Å². The summed E-state index contributed by atoms with van der Waals surface area (Å²) in [7, 11) is 10.4. The second-order valence-electron chi connectivity index (χ2n) is 35.5. The zero-order valence-electron chi connectivity index (χ0n) is 88.2. The number of rotatable bonds is 71. The third-order valence-electron chi connectivity index (χ3n) is 22.9. The number of benzene rings is 1. The first-order chi connectivity index (χ1) is 68.3. The number of aliphatic hydroxyl groups excluding tert-OH is 5. The van der Waals surface area contributed by atoms with Gasteiger partial charge in [-0.3, -0.25) is 62.9 Å². The quantitative estimate of drug-likeness (QED) is 0.00435. The van der Waals surface area contributed by atoms with Gasteiger partial charge in [0.15, 0.2) is 25.2 Å². The van der Waals surface area contributed by atoms with Crippen LogP contribution in [-0.2, 0) is 130 Å². The topological polar surface area (TPSA) is 607 Å². The molecule has 46 heteroatoms. The number of likely N-dealkylation sites (tertiary alicyclic amines) is 1. The molecule has 0 spiro atoms. The van der Waals surface area contributed by atoms with Gasteiger partial charge in [-0.15, -0.1) is 0 Å². The van der Waals surface area contributed by atoms with Crippen LogP contribution in [0.2, 0.25) is 0 Å². The Kier molecular flexibility index (Phi) is 83.7. The maximum absolute atomic E-state index is 14.4. The highest BCUT2D eigenvalue weighted by Crippen LogP contribution is 2.31. The molecule has 8 unspecified atom stereocenters. The molecule has 146 heavy (non-hydrogen) atoms. The summed E-state index contributed by atoms with van der Waals surface area (Å²) in [5.41, 5.74) is 6.94. The summed E-state index contributed by atoms with van der Waals surface area (Å²) >= 11 is 9.07. The van der Waals surface area contributed by atoms with Gasteiger partial charge in [0.05, 0.1) is 118 Å². The molecule has 2 heterocycles. The maximum atomic E-state index is 14.4. The van der Waals surface area contributed by atoms with E-state index in [9.17, 15) is 72.8 Å². The average molecular weight is 2130 g/mol. The predicted octanol–water partition coefficient (Wildman–Crippen LogP) is 8.06. The number of ether oxygens (including phenoxy) is 14. The number of carboxylic acids is 1. The minimum atomic E-state index is -1.06. The Balaban J connectivity index is -0.00000111. The van der Waals surface area contributed by atoms with Gasteiger partial charge in [0.1, 0.15) is 36.5 Å². The number of carboxylic acid groups (broad SMARTS) is 1. The van der Waals surface area contributed by atoms with Gasteiger partial charge >= 0.3 is 29.8 Å². The molecule has 44 nitrogen and oxygen atoms in total. The molecule has 1 fully saturated rings. The lowest BCUT2D eigenvalue weighted by atomic mass is 9.89. The molecule has 0 radical (unpaired) electrons. The Morgan fingerprint density at radius 3 is 1.39 bits per heavy atom. The number of aliphatic carboxylic acids is 1. The fourth-order valence-electron chi connectivity index (χ4n) is 13.7. The van der Waals surface area contributed by atoms with Crippen LogP contribution in [0.1, 0.15) is 245 Å². The number of aliphatic hydroxyl groups is 5. The largest absolute Gasteiger partial charge is 0.481 e. The first-order valence-electron chi connectivity index (χ1n) is 49.3. The number of thiol groups is 1. The number of carbonyl (C=O) groups is 12. The Morgan fingerprint density at radius 1 is 0.568 bits per heavy atom. The number of methoxy groups -OCH3 is 6. The number of aromatic amines is 1. The molecule has 1 saturated heterocycles.